The normalized spacial score (nSPS) is 9.72. The minimum Gasteiger partial charge on any atom is -0.478 e. The Labute approximate surface area is 457 Å². The summed E-state index contributed by atoms with van der Waals surface area (Å²) in [7, 11) is 3.37. The molecule has 1 amide bonds. The number of rotatable bonds is 25. The maximum absolute atomic E-state index is 14.2. The molecule has 23 heteroatoms. The third kappa shape index (κ3) is 25.8. The first kappa shape index (κ1) is 70.9. The second-order valence-corrected chi connectivity index (χ2v) is 14.6. The summed E-state index contributed by atoms with van der Waals surface area (Å²) in [6, 6.07) is 11.8. The fourth-order valence-electron chi connectivity index (χ4n) is 5.37. The molecule has 6 rings (SSSR count). The Bertz CT molecular complexity index is 2350. The highest BCUT2D eigenvalue weighted by molar-refractivity contribution is 9.10. The Morgan fingerprint density at radius 1 is 0.730 bits per heavy atom. The highest BCUT2D eigenvalue weighted by Gasteiger charge is 2.18. The van der Waals surface area contributed by atoms with E-state index in [-0.39, 0.29) is 16.5 Å². The maximum Gasteiger partial charge on any atom is 0.256 e. The summed E-state index contributed by atoms with van der Waals surface area (Å²) in [6.45, 7) is 32.8. The smallest absolute Gasteiger partial charge is 0.256 e. The van der Waals surface area contributed by atoms with Gasteiger partial charge in [-0.1, -0.05) is 103 Å². The molecule has 19 nitrogen and oxygen atoms in total. The number of nitrogens with two attached hydrogens (primary N) is 1. The van der Waals surface area contributed by atoms with E-state index in [1.807, 2.05) is 128 Å². The molecule has 0 fully saturated rings. The van der Waals surface area contributed by atoms with Gasteiger partial charge in [0, 0.05) is 30.4 Å². The van der Waals surface area contributed by atoms with Crippen LogP contribution in [0.1, 0.15) is 107 Å². The zero-order valence-corrected chi connectivity index (χ0v) is 49.6. The van der Waals surface area contributed by atoms with Crippen LogP contribution in [0.3, 0.4) is 0 Å². The van der Waals surface area contributed by atoms with Crippen molar-refractivity contribution in [3.05, 3.63) is 82.3 Å². The van der Waals surface area contributed by atoms with Crippen LogP contribution in [0.5, 0.6) is 5.88 Å². The Morgan fingerprint density at radius 3 is 1.88 bits per heavy atom. The van der Waals surface area contributed by atoms with E-state index in [2.05, 4.69) is 66.6 Å². The number of hydrogen-bond acceptors (Lipinski definition) is 17. The maximum atomic E-state index is 14.2. The van der Waals surface area contributed by atoms with Crippen molar-refractivity contribution in [3.8, 4) is 5.88 Å². The Balaban J connectivity index is 0. The highest BCUT2D eigenvalue weighted by Crippen LogP contribution is 2.30. The van der Waals surface area contributed by atoms with E-state index in [0.29, 0.717) is 111 Å². The molecular formula is C51H84BrClFN13O6S. The van der Waals surface area contributed by atoms with Crippen LogP contribution in [0.2, 0.25) is 5.28 Å². The summed E-state index contributed by atoms with van der Waals surface area (Å²) < 4.78 is 49.4. The van der Waals surface area contributed by atoms with Crippen molar-refractivity contribution in [1.29, 1.82) is 0 Å². The van der Waals surface area contributed by atoms with Gasteiger partial charge in [-0.2, -0.15) is 15.0 Å². The van der Waals surface area contributed by atoms with E-state index in [0.717, 1.165) is 16.6 Å². The summed E-state index contributed by atoms with van der Waals surface area (Å²) in [5.41, 5.74) is 7.83. The van der Waals surface area contributed by atoms with Crippen molar-refractivity contribution in [2.75, 3.05) is 82.5 Å². The Hall–Kier alpha value is -5.20. The summed E-state index contributed by atoms with van der Waals surface area (Å²) in [4.78, 5) is 34.4. The van der Waals surface area contributed by atoms with Gasteiger partial charge in [-0.15, -0.1) is 5.10 Å². The minimum atomic E-state index is -0.894. The van der Waals surface area contributed by atoms with E-state index < -0.39 is 11.7 Å². The van der Waals surface area contributed by atoms with Crippen molar-refractivity contribution >= 4 is 91.2 Å². The van der Waals surface area contributed by atoms with E-state index >= 15 is 0 Å². The lowest BCUT2D eigenvalue weighted by molar-refractivity contribution is -0.00213. The number of benzene rings is 2. The van der Waals surface area contributed by atoms with Gasteiger partial charge in [0.15, 0.2) is 17.0 Å². The largest absolute Gasteiger partial charge is 0.478 e. The predicted molar refractivity (Wildman–Crippen MR) is 308 cm³/mol. The Kier molecular flexibility index (Phi) is 43.3. The first-order valence-corrected chi connectivity index (χ1v) is 27.4. The average Bonchev–Trinajstić information content (AvgIpc) is 4.02. The molecule has 4 heterocycles. The number of anilines is 6. The number of nitrogens with zero attached hydrogens (tertiary/aromatic N) is 8. The van der Waals surface area contributed by atoms with Crippen LogP contribution in [0, 0.1) is 5.82 Å². The fourth-order valence-corrected chi connectivity index (χ4v) is 6.45. The number of nitrogens with one attached hydrogen (secondary N) is 4. The number of carbonyl (C=O) groups excluding carboxylic acids is 1. The average molecular weight is 1140 g/mol. The van der Waals surface area contributed by atoms with Gasteiger partial charge in [0.2, 0.25) is 11.2 Å². The topological polar surface area (TPSA) is 225 Å². The first-order valence-electron chi connectivity index (χ1n) is 25.4. The van der Waals surface area contributed by atoms with Crippen LogP contribution in [-0.2, 0) is 32.5 Å². The molecule has 6 aromatic rings. The number of fused-ring (bicyclic) bond motifs is 1. The van der Waals surface area contributed by atoms with Gasteiger partial charge in [0.25, 0.3) is 11.8 Å². The first-order chi connectivity index (χ1) is 36.2. The zero-order valence-electron chi connectivity index (χ0n) is 46.5. The molecule has 0 bridgehead atoms. The van der Waals surface area contributed by atoms with E-state index in [1.165, 1.54) is 37.4 Å². The van der Waals surface area contributed by atoms with Gasteiger partial charge < -0.3 is 49.9 Å². The van der Waals surface area contributed by atoms with Gasteiger partial charge in [-0.3, -0.25) is 14.2 Å². The lowest BCUT2D eigenvalue weighted by atomic mass is 10.1. The van der Waals surface area contributed by atoms with E-state index in [4.69, 9.17) is 41.0 Å². The summed E-state index contributed by atoms with van der Waals surface area (Å²) in [6.07, 6.45) is 4.97. The standard InChI is InChI=1S/C37H42BrClFN13O6S.7C2H6/c1-52-22-43-30-33(48-36(39)50-34(30)52)47-28-21-53(51-35(28)55-2)11-13-57-15-17-59-19-18-58-16-14-56-12-10-44-60-24-8-6-23(7-9-24)45-37-42-20-25(38)32(49-37)46-27-5-3-4-26(40)29(27)31(41)54;7*1-2/h3-9,20-22,44H,10-19H2,1-2H3,(H2,41,54)(H,47,48,50)(H2,42,45,46,49);7*1-2H3. The third-order valence-corrected chi connectivity index (χ3v) is 9.80. The monoisotopic (exact) mass is 1140 g/mol. The summed E-state index contributed by atoms with van der Waals surface area (Å²) >= 11 is 11.0. The van der Waals surface area contributed by atoms with Crippen molar-refractivity contribution in [3.63, 3.8) is 0 Å². The number of primary amides is 1. The van der Waals surface area contributed by atoms with Crippen LogP contribution in [-0.4, -0.2) is 112 Å². The van der Waals surface area contributed by atoms with Crippen LogP contribution in [0.4, 0.5) is 39.0 Å². The Morgan fingerprint density at radius 2 is 1.30 bits per heavy atom. The lowest BCUT2D eigenvalue weighted by Gasteiger charge is -2.13. The summed E-state index contributed by atoms with van der Waals surface area (Å²) in [5, 5.41) is 13.8. The number of hydrogen-bond donors (Lipinski definition) is 5. The molecule has 74 heavy (non-hydrogen) atoms. The molecule has 0 aliphatic carbocycles. The lowest BCUT2D eigenvalue weighted by Crippen LogP contribution is -2.16. The van der Waals surface area contributed by atoms with E-state index in [1.54, 1.807) is 21.8 Å². The predicted octanol–water partition coefficient (Wildman–Crippen LogP) is 12.8. The number of amides is 1. The number of ether oxygens (including phenoxy) is 5. The molecule has 0 saturated carbocycles. The van der Waals surface area contributed by atoms with Crippen molar-refractivity contribution in [2.24, 2.45) is 12.8 Å². The third-order valence-electron chi connectivity index (χ3n) is 8.19. The van der Waals surface area contributed by atoms with E-state index in [9.17, 15) is 9.18 Å². The van der Waals surface area contributed by atoms with Gasteiger partial charge in [-0.05, 0) is 75.9 Å². The van der Waals surface area contributed by atoms with Crippen LogP contribution in [0.25, 0.3) is 11.2 Å². The van der Waals surface area contributed by atoms with Gasteiger partial charge in [0.05, 0.1) is 94.8 Å². The molecule has 0 atom stereocenters. The second kappa shape index (κ2) is 45.2. The van der Waals surface area contributed by atoms with Gasteiger partial charge in [-0.25, -0.2) is 14.4 Å². The SMILES string of the molecule is CC.CC.CC.CC.CC.CC.CC.COc1nn(CCOCCOCCOCCOCCNSc2ccc(Nc3ncc(Br)c(Nc4cccc(F)c4C(N)=O)n3)cc2)cc1Nc1nc(Cl)nc2c1ncn2C. The molecule has 0 saturated heterocycles. The fraction of sp³-hybridized carbons (Fsp3) is 0.510. The molecule has 0 spiro atoms. The van der Waals surface area contributed by atoms with Crippen molar-refractivity contribution < 1.29 is 32.9 Å². The molecule has 4 aromatic heterocycles. The molecule has 6 N–H and O–H groups in total. The van der Waals surface area contributed by atoms with Crippen molar-refractivity contribution in [1.82, 2.24) is 44.0 Å². The molecule has 0 aliphatic heterocycles. The molecule has 0 radical (unpaired) electrons. The second-order valence-electron chi connectivity index (χ2n) is 12.4. The number of halogens is 3. The number of aryl methyl sites for hydroxylation is 1. The number of methoxy groups -OCH3 is 1. The highest BCUT2D eigenvalue weighted by atomic mass is 79.9. The van der Waals surface area contributed by atoms with Gasteiger partial charge >= 0.3 is 0 Å². The molecule has 0 unspecified atom stereocenters. The number of aromatic nitrogens is 8. The van der Waals surface area contributed by atoms with Crippen molar-refractivity contribution in [2.45, 2.75) is 108 Å². The molecule has 2 aromatic carbocycles. The minimum absolute atomic E-state index is 0.0974. The summed E-state index contributed by atoms with van der Waals surface area (Å²) in [5.74, 6) is -0.172. The quantitative estimate of drug-likeness (QED) is 0.0204. The molecular weight excluding hydrogens is 1060 g/mol. The number of imidazole rings is 1. The van der Waals surface area contributed by atoms with Crippen LogP contribution < -0.4 is 31.1 Å². The number of carbonyl (C=O) groups is 1. The molecule has 416 valence electrons. The van der Waals surface area contributed by atoms with Crippen LogP contribution >= 0.6 is 39.5 Å². The molecule has 0 aliphatic rings. The van der Waals surface area contributed by atoms with Gasteiger partial charge in [0.1, 0.15) is 17.3 Å². The van der Waals surface area contributed by atoms with Crippen LogP contribution in [0.15, 0.2) is 70.6 Å². The zero-order chi connectivity index (χ0) is 56.3.